The minimum Gasteiger partial charge on any atom is -0.462 e. The van der Waals surface area contributed by atoms with Gasteiger partial charge in [0.15, 0.2) is 0 Å². The Hall–Kier alpha value is -1.84. The van der Waals surface area contributed by atoms with E-state index in [1.807, 2.05) is 19.9 Å². The van der Waals surface area contributed by atoms with Gasteiger partial charge in [-0.2, -0.15) is 0 Å². The fraction of sp³-hybridized carbons (Fsp3) is 0.667. The second kappa shape index (κ2) is 7.53. The summed E-state index contributed by atoms with van der Waals surface area (Å²) in [7, 11) is 0. The third-order valence-corrected chi connectivity index (χ3v) is 7.69. The second-order valence-electron chi connectivity index (χ2n) is 9.06. The lowest BCUT2D eigenvalue weighted by Crippen LogP contribution is -2.45. The van der Waals surface area contributed by atoms with Crippen LogP contribution in [0, 0.1) is 17.3 Å². The summed E-state index contributed by atoms with van der Waals surface area (Å²) in [4.78, 5) is 23.5. The van der Waals surface area contributed by atoms with Gasteiger partial charge in [-0.05, 0) is 79.5 Å². The number of benzene rings is 1. The molecule has 0 radical (unpaired) electrons. The third-order valence-electron chi connectivity index (χ3n) is 7.69. The first-order valence-electron chi connectivity index (χ1n) is 11.0. The Morgan fingerprint density at radius 2 is 1.86 bits per heavy atom. The molecule has 28 heavy (non-hydrogen) atoms. The van der Waals surface area contributed by atoms with E-state index in [-0.39, 0.29) is 23.5 Å². The summed E-state index contributed by atoms with van der Waals surface area (Å²) in [6.07, 6.45) is 7.61. The number of aryl methyl sites for hydroxylation is 1. The summed E-state index contributed by atoms with van der Waals surface area (Å²) in [6, 6.07) is 6.23. The molecule has 1 aromatic rings. The van der Waals surface area contributed by atoms with Crippen molar-refractivity contribution in [3.05, 3.63) is 29.3 Å². The average Bonchev–Trinajstić information content (AvgIpc) is 3.03. The van der Waals surface area contributed by atoms with E-state index in [0.717, 1.165) is 25.7 Å². The lowest BCUT2D eigenvalue weighted by Gasteiger charge is -2.50. The lowest BCUT2D eigenvalue weighted by molar-refractivity contribution is -0.157. The maximum atomic E-state index is 11.9. The number of carbonyl (C=O) groups is 2. The van der Waals surface area contributed by atoms with E-state index < -0.39 is 0 Å². The van der Waals surface area contributed by atoms with E-state index in [4.69, 9.17) is 9.47 Å². The van der Waals surface area contributed by atoms with Crippen LogP contribution in [0.1, 0.15) is 82.8 Å². The van der Waals surface area contributed by atoms with E-state index in [9.17, 15) is 9.59 Å². The molecule has 1 aromatic carbocycles. The quantitative estimate of drug-likeness (QED) is 0.530. The Morgan fingerprint density at radius 3 is 2.61 bits per heavy atom. The van der Waals surface area contributed by atoms with Crippen molar-refractivity contribution in [2.75, 3.05) is 0 Å². The molecule has 3 aliphatic carbocycles. The molecule has 3 aliphatic rings. The Balaban J connectivity index is 1.54. The van der Waals surface area contributed by atoms with Crippen LogP contribution in [0.5, 0.6) is 5.75 Å². The van der Waals surface area contributed by atoms with Crippen molar-refractivity contribution in [3.63, 3.8) is 0 Å². The van der Waals surface area contributed by atoms with Gasteiger partial charge in [0.2, 0.25) is 0 Å². The van der Waals surface area contributed by atoms with E-state index >= 15 is 0 Å². The standard InChI is InChI=1S/C24H32O4/c1-4-22(25)27-16-7-9-17-15(14-16)6-8-19-18(17)12-13-24(3)20(19)10-11-21(24)28-23(26)5-2/h7,9,14,18-21H,4-6,8,10-13H2,1-3H3/t18-,19+,20-,21-,24-/m0/s1. The zero-order chi connectivity index (χ0) is 19.9. The van der Waals surface area contributed by atoms with Crippen LogP contribution < -0.4 is 4.74 Å². The topological polar surface area (TPSA) is 52.6 Å². The van der Waals surface area contributed by atoms with Gasteiger partial charge in [-0.25, -0.2) is 0 Å². The molecule has 2 fully saturated rings. The molecule has 152 valence electrons. The van der Waals surface area contributed by atoms with Crippen LogP contribution in [0.15, 0.2) is 18.2 Å². The minimum absolute atomic E-state index is 0.0582. The Bertz CT molecular complexity index is 770. The number of ether oxygens (including phenoxy) is 2. The first kappa shape index (κ1) is 19.5. The molecule has 0 aliphatic heterocycles. The van der Waals surface area contributed by atoms with Gasteiger partial charge in [0, 0.05) is 18.3 Å². The van der Waals surface area contributed by atoms with Crippen LogP contribution in [0.3, 0.4) is 0 Å². The van der Waals surface area contributed by atoms with Crippen molar-refractivity contribution >= 4 is 11.9 Å². The lowest BCUT2D eigenvalue weighted by atomic mass is 9.55. The van der Waals surface area contributed by atoms with Crippen LogP contribution >= 0.6 is 0 Å². The van der Waals surface area contributed by atoms with Crippen molar-refractivity contribution in [1.29, 1.82) is 0 Å². The van der Waals surface area contributed by atoms with Crippen molar-refractivity contribution in [2.24, 2.45) is 17.3 Å². The molecular formula is C24H32O4. The van der Waals surface area contributed by atoms with Crippen molar-refractivity contribution < 1.29 is 19.1 Å². The highest BCUT2D eigenvalue weighted by Gasteiger charge is 2.56. The largest absolute Gasteiger partial charge is 0.462 e. The molecule has 0 unspecified atom stereocenters. The molecular weight excluding hydrogens is 352 g/mol. The summed E-state index contributed by atoms with van der Waals surface area (Å²) >= 11 is 0. The molecule has 2 saturated carbocycles. The number of fused-ring (bicyclic) bond motifs is 5. The summed E-state index contributed by atoms with van der Waals surface area (Å²) in [6.45, 7) is 6.05. The van der Waals surface area contributed by atoms with Crippen LogP contribution in [0.2, 0.25) is 0 Å². The van der Waals surface area contributed by atoms with Crippen LogP contribution in [0.4, 0.5) is 0 Å². The summed E-state index contributed by atoms with van der Waals surface area (Å²) in [5.41, 5.74) is 2.92. The zero-order valence-electron chi connectivity index (χ0n) is 17.3. The fourth-order valence-corrected chi connectivity index (χ4v) is 6.21. The van der Waals surface area contributed by atoms with Gasteiger partial charge < -0.3 is 9.47 Å². The molecule has 0 aromatic heterocycles. The van der Waals surface area contributed by atoms with E-state index in [1.54, 1.807) is 0 Å². The summed E-state index contributed by atoms with van der Waals surface area (Å²) < 4.78 is 11.3. The minimum atomic E-state index is -0.180. The highest BCUT2D eigenvalue weighted by molar-refractivity contribution is 5.72. The molecule has 0 spiro atoms. The van der Waals surface area contributed by atoms with Gasteiger partial charge in [-0.3, -0.25) is 9.59 Å². The number of hydrogen-bond donors (Lipinski definition) is 0. The van der Waals surface area contributed by atoms with Crippen molar-refractivity contribution in [2.45, 2.75) is 84.2 Å². The maximum Gasteiger partial charge on any atom is 0.310 e. The van der Waals surface area contributed by atoms with Gasteiger partial charge in [-0.1, -0.05) is 26.8 Å². The van der Waals surface area contributed by atoms with Crippen LogP contribution in [0.25, 0.3) is 0 Å². The van der Waals surface area contributed by atoms with Crippen molar-refractivity contribution in [3.8, 4) is 5.75 Å². The molecule has 0 heterocycles. The predicted octanol–water partition coefficient (Wildman–Crippen LogP) is 5.18. The molecule has 4 heteroatoms. The van der Waals surface area contributed by atoms with Crippen molar-refractivity contribution in [1.82, 2.24) is 0 Å². The van der Waals surface area contributed by atoms with Gasteiger partial charge in [0.25, 0.3) is 0 Å². The molecule has 4 nitrogen and oxygen atoms in total. The van der Waals surface area contributed by atoms with Gasteiger partial charge >= 0.3 is 11.9 Å². The molecule has 4 rings (SSSR count). The molecule has 0 saturated heterocycles. The smallest absolute Gasteiger partial charge is 0.310 e. The zero-order valence-corrected chi connectivity index (χ0v) is 17.3. The predicted molar refractivity (Wildman–Crippen MR) is 107 cm³/mol. The van der Waals surface area contributed by atoms with E-state index in [2.05, 4.69) is 19.1 Å². The summed E-state index contributed by atoms with van der Waals surface area (Å²) in [5.74, 6) is 2.32. The molecule has 0 N–H and O–H groups in total. The van der Waals surface area contributed by atoms with E-state index in [0.29, 0.717) is 36.3 Å². The number of rotatable bonds is 4. The first-order valence-corrected chi connectivity index (χ1v) is 11.0. The van der Waals surface area contributed by atoms with Crippen LogP contribution in [-0.4, -0.2) is 18.0 Å². The second-order valence-corrected chi connectivity index (χ2v) is 9.06. The van der Waals surface area contributed by atoms with Crippen LogP contribution in [-0.2, 0) is 20.7 Å². The number of carbonyl (C=O) groups excluding carboxylic acids is 2. The highest BCUT2D eigenvalue weighted by atomic mass is 16.5. The molecule has 0 amide bonds. The molecule has 0 bridgehead atoms. The maximum absolute atomic E-state index is 11.9. The fourth-order valence-electron chi connectivity index (χ4n) is 6.21. The normalized spacial score (nSPS) is 33.4. The Kier molecular flexibility index (Phi) is 5.24. The Morgan fingerprint density at radius 1 is 1.07 bits per heavy atom. The average molecular weight is 385 g/mol. The van der Waals surface area contributed by atoms with Gasteiger partial charge in [-0.15, -0.1) is 0 Å². The Labute approximate surface area is 168 Å². The van der Waals surface area contributed by atoms with Gasteiger partial charge in [0.05, 0.1) is 0 Å². The first-order chi connectivity index (χ1) is 13.5. The van der Waals surface area contributed by atoms with E-state index in [1.165, 1.54) is 24.0 Å². The summed E-state index contributed by atoms with van der Waals surface area (Å²) in [5, 5.41) is 0. The third kappa shape index (κ3) is 3.25. The molecule has 5 atom stereocenters. The number of esters is 2. The van der Waals surface area contributed by atoms with Gasteiger partial charge in [0.1, 0.15) is 11.9 Å². The number of hydrogen-bond acceptors (Lipinski definition) is 4. The highest BCUT2D eigenvalue weighted by Crippen LogP contribution is 2.61. The monoisotopic (exact) mass is 384 g/mol. The SMILES string of the molecule is CCC(=O)Oc1ccc2c(c1)CC[C@@H]1[C@H]2CC[C@]2(C)[C@@H](OC(=O)CC)CC[C@@H]12.